The van der Waals surface area contributed by atoms with E-state index in [1.54, 1.807) is 32.2 Å². The van der Waals surface area contributed by atoms with Gasteiger partial charge in [0.15, 0.2) is 17.6 Å². The topological polar surface area (TPSA) is 71.3 Å². The van der Waals surface area contributed by atoms with E-state index in [1.807, 2.05) is 6.07 Å². The molecule has 5 nitrogen and oxygen atoms in total. The van der Waals surface area contributed by atoms with E-state index in [1.165, 1.54) is 16.2 Å². The van der Waals surface area contributed by atoms with Crippen molar-refractivity contribution in [1.29, 1.82) is 5.26 Å². The van der Waals surface area contributed by atoms with Gasteiger partial charge in [0.2, 0.25) is 0 Å². The normalized spacial score (nSPS) is 13.4. The number of fused-ring (bicyclic) bond motifs is 1. The molecule has 0 fully saturated rings. The molecule has 1 aliphatic rings. The molecule has 0 radical (unpaired) electrons. The smallest absolute Gasteiger partial charge is 0.265 e. The van der Waals surface area contributed by atoms with Crippen molar-refractivity contribution in [3.05, 3.63) is 46.3 Å². The number of anilines is 1. The minimum atomic E-state index is -0.734. The quantitative estimate of drug-likeness (QED) is 0.831. The van der Waals surface area contributed by atoms with Gasteiger partial charge in [0, 0.05) is 4.88 Å². The van der Waals surface area contributed by atoms with Crippen LogP contribution in [0.1, 0.15) is 34.9 Å². The van der Waals surface area contributed by atoms with Crippen LogP contribution in [0.3, 0.4) is 0 Å². The number of carbonyl (C=O) groups excluding carboxylic acids is 1. The van der Waals surface area contributed by atoms with Crippen LogP contribution in [0.5, 0.6) is 11.5 Å². The summed E-state index contributed by atoms with van der Waals surface area (Å²) in [6.45, 7) is 5.39. The summed E-state index contributed by atoms with van der Waals surface area (Å²) < 4.78 is 11.1. The van der Waals surface area contributed by atoms with Crippen LogP contribution in [0.25, 0.3) is 6.08 Å². The molecule has 134 valence electrons. The summed E-state index contributed by atoms with van der Waals surface area (Å²) in [7, 11) is 1.55. The maximum absolute atomic E-state index is 12.5. The van der Waals surface area contributed by atoms with Crippen LogP contribution in [-0.2, 0) is 17.6 Å². The number of benzene rings is 1. The lowest BCUT2D eigenvalue weighted by Crippen LogP contribution is -2.30. The number of hydrogen-bond donors (Lipinski definition) is 1. The zero-order valence-electron chi connectivity index (χ0n) is 14.8. The van der Waals surface area contributed by atoms with E-state index in [-0.39, 0.29) is 5.91 Å². The Morgan fingerprint density at radius 2 is 2.23 bits per heavy atom. The molecule has 0 saturated heterocycles. The Hall–Kier alpha value is -2.78. The van der Waals surface area contributed by atoms with E-state index in [0.29, 0.717) is 22.1 Å². The zero-order chi connectivity index (χ0) is 18.7. The molecule has 6 heteroatoms. The van der Waals surface area contributed by atoms with Crippen LogP contribution in [-0.4, -0.2) is 19.1 Å². The van der Waals surface area contributed by atoms with Crippen molar-refractivity contribution in [2.24, 2.45) is 0 Å². The number of nitriles is 1. The second-order valence-corrected chi connectivity index (χ2v) is 7.14. The van der Waals surface area contributed by atoms with Crippen LogP contribution in [0.2, 0.25) is 0 Å². The van der Waals surface area contributed by atoms with Crippen LogP contribution in [0, 0.1) is 11.3 Å². The average Bonchev–Trinajstić information content (AvgIpc) is 3.22. The molecule has 1 amide bonds. The second-order valence-electron chi connectivity index (χ2n) is 6.04. The molecule has 0 saturated carbocycles. The number of amides is 1. The predicted molar refractivity (Wildman–Crippen MR) is 103 cm³/mol. The molecule has 1 aliphatic carbocycles. The number of rotatable bonds is 6. The van der Waals surface area contributed by atoms with Crippen molar-refractivity contribution < 1.29 is 14.3 Å². The molecule has 1 aromatic heterocycles. The van der Waals surface area contributed by atoms with Crippen LogP contribution >= 0.6 is 11.3 Å². The van der Waals surface area contributed by atoms with E-state index in [0.717, 1.165) is 30.4 Å². The monoisotopic (exact) mass is 368 g/mol. The van der Waals surface area contributed by atoms with Crippen LogP contribution in [0.15, 0.2) is 24.8 Å². The molecule has 1 N–H and O–H groups in total. The molecule has 1 aromatic carbocycles. The lowest BCUT2D eigenvalue weighted by Gasteiger charge is -2.17. The van der Waals surface area contributed by atoms with E-state index in [4.69, 9.17) is 9.47 Å². The maximum Gasteiger partial charge on any atom is 0.265 e. The van der Waals surface area contributed by atoms with E-state index in [9.17, 15) is 10.1 Å². The van der Waals surface area contributed by atoms with Gasteiger partial charge < -0.3 is 14.8 Å². The average molecular weight is 368 g/mol. The fourth-order valence-electron chi connectivity index (χ4n) is 2.98. The molecule has 0 bridgehead atoms. The first-order valence-corrected chi connectivity index (χ1v) is 9.21. The molecule has 1 heterocycles. The first-order chi connectivity index (χ1) is 12.6. The number of nitrogens with zero attached hydrogens (tertiary/aromatic N) is 1. The third-order valence-electron chi connectivity index (χ3n) is 4.37. The maximum atomic E-state index is 12.5. The second kappa shape index (κ2) is 7.63. The number of thiophene rings is 1. The number of aryl methyl sites for hydroxylation is 1. The number of carbonyl (C=O) groups is 1. The van der Waals surface area contributed by atoms with Gasteiger partial charge >= 0.3 is 0 Å². The lowest BCUT2D eigenvalue weighted by molar-refractivity contribution is -0.122. The van der Waals surface area contributed by atoms with Gasteiger partial charge in [0.25, 0.3) is 5.91 Å². The highest BCUT2D eigenvalue weighted by Gasteiger charge is 2.25. The van der Waals surface area contributed by atoms with Gasteiger partial charge in [0.1, 0.15) is 11.1 Å². The number of ether oxygens (including phenoxy) is 2. The standard InChI is InChI=1S/C20H20N2O3S/c1-4-13-8-9-16(17(10-13)24-3)25-12(2)19(23)22-20-15(11-21)14-6-5-7-18(14)26-20/h4,8-10,12H,1,5-7H2,2-3H3,(H,22,23)/t12-/m0/s1. The van der Waals surface area contributed by atoms with Crippen molar-refractivity contribution in [2.45, 2.75) is 32.3 Å². The van der Waals surface area contributed by atoms with Gasteiger partial charge in [-0.3, -0.25) is 4.79 Å². The van der Waals surface area contributed by atoms with E-state index >= 15 is 0 Å². The molecular formula is C20H20N2O3S. The van der Waals surface area contributed by atoms with Gasteiger partial charge in [0.05, 0.1) is 12.7 Å². The zero-order valence-corrected chi connectivity index (χ0v) is 15.6. The van der Waals surface area contributed by atoms with Gasteiger partial charge in [-0.15, -0.1) is 11.3 Å². The van der Waals surface area contributed by atoms with Crippen LogP contribution < -0.4 is 14.8 Å². The van der Waals surface area contributed by atoms with Gasteiger partial charge in [-0.2, -0.15) is 5.26 Å². The first-order valence-electron chi connectivity index (χ1n) is 8.40. The molecule has 1 atom stereocenters. The molecule has 2 aromatic rings. The molecule has 0 unspecified atom stereocenters. The number of methoxy groups -OCH3 is 1. The minimum absolute atomic E-state index is 0.295. The minimum Gasteiger partial charge on any atom is -0.493 e. The predicted octanol–water partition coefficient (Wildman–Crippen LogP) is 4.17. The van der Waals surface area contributed by atoms with Crippen LogP contribution in [0.4, 0.5) is 5.00 Å². The lowest BCUT2D eigenvalue weighted by atomic mass is 10.1. The summed E-state index contributed by atoms with van der Waals surface area (Å²) in [6.07, 6.45) is 3.93. The van der Waals surface area contributed by atoms with Crippen molar-refractivity contribution in [1.82, 2.24) is 0 Å². The summed E-state index contributed by atoms with van der Waals surface area (Å²) in [4.78, 5) is 13.7. The highest BCUT2D eigenvalue weighted by molar-refractivity contribution is 7.16. The third kappa shape index (κ3) is 3.44. The Bertz CT molecular complexity index is 895. The van der Waals surface area contributed by atoms with Crippen molar-refractivity contribution in [3.8, 4) is 17.6 Å². The molecular weight excluding hydrogens is 348 g/mol. The summed E-state index contributed by atoms with van der Waals surface area (Å²) in [5.74, 6) is 0.723. The first kappa shape index (κ1) is 18.0. The fraction of sp³-hybridized carbons (Fsp3) is 0.300. The Kier molecular flexibility index (Phi) is 5.29. The molecule has 0 aliphatic heterocycles. The summed E-state index contributed by atoms with van der Waals surface area (Å²) in [6, 6.07) is 7.61. The Morgan fingerprint density at radius 3 is 2.92 bits per heavy atom. The Labute approximate surface area is 156 Å². The molecule has 0 spiro atoms. The molecule has 3 rings (SSSR count). The van der Waals surface area contributed by atoms with Gasteiger partial charge in [-0.05, 0) is 49.4 Å². The fourth-order valence-corrected chi connectivity index (χ4v) is 4.22. The number of nitrogens with one attached hydrogen (secondary N) is 1. The van der Waals surface area contributed by atoms with Crippen molar-refractivity contribution in [3.63, 3.8) is 0 Å². The van der Waals surface area contributed by atoms with Gasteiger partial charge in [-0.25, -0.2) is 0 Å². The highest BCUT2D eigenvalue weighted by Crippen LogP contribution is 2.38. The third-order valence-corrected chi connectivity index (χ3v) is 5.57. The van der Waals surface area contributed by atoms with Crippen molar-refractivity contribution >= 4 is 28.3 Å². The molecule has 26 heavy (non-hydrogen) atoms. The van der Waals surface area contributed by atoms with E-state index < -0.39 is 6.10 Å². The highest BCUT2D eigenvalue weighted by atomic mass is 32.1. The SMILES string of the molecule is C=Cc1ccc(O[C@@H](C)C(=O)Nc2sc3c(c2C#N)CCC3)c(OC)c1. The van der Waals surface area contributed by atoms with Crippen molar-refractivity contribution in [2.75, 3.05) is 12.4 Å². The number of hydrogen-bond acceptors (Lipinski definition) is 5. The Morgan fingerprint density at radius 1 is 1.42 bits per heavy atom. The van der Waals surface area contributed by atoms with E-state index in [2.05, 4.69) is 18.0 Å². The summed E-state index contributed by atoms with van der Waals surface area (Å²) in [5, 5.41) is 12.9. The van der Waals surface area contributed by atoms with Gasteiger partial charge in [-0.1, -0.05) is 18.7 Å². The summed E-state index contributed by atoms with van der Waals surface area (Å²) >= 11 is 1.49. The Balaban J connectivity index is 1.73. The summed E-state index contributed by atoms with van der Waals surface area (Å²) in [5.41, 5.74) is 2.58. The largest absolute Gasteiger partial charge is 0.493 e.